The van der Waals surface area contributed by atoms with E-state index in [1.807, 2.05) is 13.0 Å². The summed E-state index contributed by atoms with van der Waals surface area (Å²) in [6.07, 6.45) is 6.76. The van der Waals surface area contributed by atoms with Crippen LogP contribution in [-0.2, 0) is 4.79 Å². The number of anilines is 1. The van der Waals surface area contributed by atoms with Crippen LogP contribution in [0.15, 0.2) is 48.6 Å². The molecule has 0 aliphatic rings. The van der Waals surface area contributed by atoms with Crippen LogP contribution >= 0.6 is 0 Å². The Labute approximate surface area is 107 Å². The van der Waals surface area contributed by atoms with E-state index in [1.54, 1.807) is 36.4 Å². The van der Waals surface area contributed by atoms with Gasteiger partial charge in [-0.2, -0.15) is 0 Å². The molecule has 0 saturated heterocycles. The van der Waals surface area contributed by atoms with Crippen molar-refractivity contribution in [3.63, 3.8) is 0 Å². The van der Waals surface area contributed by atoms with E-state index >= 15 is 0 Å². The number of rotatable bonds is 6. The van der Waals surface area contributed by atoms with Crippen LogP contribution < -0.4 is 10.1 Å². The van der Waals surface area contributed by atoms with Gasteiger partial charge in [-0.05, 0) is 31.2 Å². The van der Waals surface area contributed by atoms with E-state index in [2.05, 4.69) is 5.32 Å². The summed E-state index contributed by atoms with van der Waals surface area (Å²) in [6, 6.07) is 6.96. The van der Waals surface area contributed by atoms with Gasteiger partial charge in [-0.1, -0.05) is 18.2 Å². The Morgan fingerprint density at radius 1 is 1.33 bits per heavy atom. The van der Waals surface area contributed by atoms with Crippen molar-refractivity contribution in [3.05, 3.63) is 48.6 Å². The van der Waals surface area contributed by atoms with E-state index in [-0.39, 0.29) is 19.1 Å². The smallest absolute Gasteiger partial charge is 0.248 e. The van der Waals surface area contributed by atoms with Crippen molar-refractivity contribution in [2.75, 3.05) is 18.5 Å². The second-order valence-corrected chi connectivity index (χ2v) is 3.47. The van der Waals surface area contributed by atoms with Crippen LogP contribution in [0, 0.1) is 0 Å². The number of benzene rings is 1. The molecule has 1 rings (SSSR count). The highest BCUT2D eigenvalue weighted by molar-refractivity contribution is 5.99. The fraction of sp³-hybridized carbons (Fsp3) is 0.214. The second-order valence-electron chi connectivity index (χ2n) is 3.47. The summed E-state index contributed by atoms with van der Waals surface area (Å²) in [5.41, 5.74) is 0.696. The first kappa shape index (κ1) is 14.0. The molecule has 0 radical (unpaired) electrons. The molecule has 0 aliphatic carbocycles. The summed E-state index contributed by atoms with van der Waals surface area (Å²) >= 11 is 0. The van der Waals surface area contributed by atoms with Gasteiger partial charge in [0.25, 0.3) is 0 Å². The van der Waals surface area contributed by atoms with Gasteiger partial charge in [-0.15, -0.1) is 0 Å². The van der Waals surface area contributed by atoms with Gasteiger partial charge in [0, 0.05) is 11.8 Å². The number of carbonyl (C=O) groups is 1. The predicted octanol–water partition coefficient (Wildman–Crippen LogP) is 2.13. The molecule has 0 unspecified atom stereocenters. The number of allylic oxidation sites excluding steroid dienone is 3. The van der Waals surface area contributed by atoms with Gasteiger partial charge < -0.3 is 15.2 Å². The van der Waals surface area contributed by atoms with Crippen LogP contribution in [0.3, 0.4) is 0 Å². The Kier molecular flexibility index (Phi) is 6.28. The van der Waals surface area contributed by atoms with Gasteiger partial charge in [-0.3, -0.25) is 4.79 Å². The third-order valence-electron chi connectivity index (χ3n) is 2.03. The van der Waals surface area contributed by atoms with Crippen molar-refractivity contribution in [1.82, 2.24) is 0 Å². The highest BCUT2D eigenvalue weighted by atomic mass is 16.5. The lowest BCUT2D eigenvalue weighted by Gasteiger charge is -2.05. The third kappa shape index (κ3) is 5.32. The Morgan fingerprint density at radius 3 is 2.67 bits per heavy atom. The van der Waals surface area contributed by atoms with Gasteiger partial charge in [0.1, 0.15) is 12.4 Å². The number of carbonyl (C=O) groups excluding carboxylic acids is 1. The third-order valence-corrected chi connectivity index (χ3v) is 2.03. The number of nitrogens with one attached hydrogen (secondary N) is 1. The maximum atomic E-state index is 11.4. The van der Waals surface area contributed by atoms with E-state index in [9.17, 15) is 4.79 Å². The van der Waals surface area contributed by atoms with Gasteiger partial charge in [0.15, 0.2) is 0 Å². The van der Waals surface area contributed by atoms with Gasteiger partial charge in [-0.25, -0.2) is 0 Å². The van der Waals surface area contributed by atoms with Gasteiger partial charge in [0.05, 0.1) is 6.61 Å². The lowest BCUT2D eigenvalue weighted by Crippen LogP contribution is -2.07. The minimum Gasteiger partial charge on any atom is -0.491 e. The molecule has 0 aliphatic heterocycles. The molecule has 1 aromatic carbocycles. The van der Waals surface area contributed by atoms with Gasteiger partial charge >= 0.3 is 0 Å². The summed E-state index contributed by atoms with van der Waals surface area (Å²) in [5, 5.41) is 11.3. The number of aliphatic hydroxyl groups excluding tert-OH is 1. The number of amides is 1. The molecular weight excluding hydrogens is 230 g/mol. The number of aliphatic hydroxyl groups is 1. The zero-order chi connectivity index (χ0) is 13.2. The number of hydrogen-bond acceptors (Lipinski definition) is 3. The van der Waals surface area contributed by atoms with Crippen molar-refractivity contribution in [1.29, 1.82) is 0 Å². The van der Waals surface area contributed by atoms with Crippen molar-refractivity contribution >= 4 is 11.6 Å². The van der Waals surface area contributed by atoms with E-state index in [0.717, 1.165) is 0 Å². The van der Waals surface area contributed by atoms with Crippen LogP contribution in [-0.4, -0.2) is 24.2 Å². The highest BCUT2D eigenvalue weighted by Gasteiger charge is 1.98. The minimum absolute atomic E-state index is 0.0196. The topological polar surface area (TPSA) is 58.6 Å². The second kappa shape index (κ2) is 8.08. The fourth-order valence-corrected chi connectivity index (χ4v) is 1.24. The molecule has 4 heteroatoms. The molecule has 1 aromatic rings. The van der Waals surface area contributed by atoms with E-state index < -0.39 is 0 Å². The predicted molar refractivity (Wildman–Crippen MR) is 71.6 cm³/mol. The standard InChI is InChI=1S/C14H17NO3/c1-2-3-4-5-14(17)15-12-6-8-13(9-7-12)18-11-10-16/h2-9,16H,10-11H2,1H3,(H,15,17). The molecule has 4 nitrogen and oxygen atoms in total. The maximum Gasteiger partial charge on any atom is 0.248 e. The maximum absolute atomic E-state index is 11.4. The molecular formula is C14H17NO3. The molecule has 96 valence electrons. The first-order valence-electron chi connectivity index (χ1n) is 5.70. The Bertz CT molecular complexity index is 421. The van der Waals surface area contributed by atoms with E-state index in [4.69, 9.17) is 9.84 Å². The van der Waals surface area contributed by atoms with Crippen molar-refractivity contribution < 1.29 is 14.6 Å². The average molecular weight is 247 g/mol. The molecule has 18 heavy (non-hydrogen) atoms. The molecule has 0 bridgehead atoms. The summed E-state index contributed by atoms with van der Waals surface area (Å²) < 4.78 is 5.21. The van der Waals surface area contributed by atoms with E-state index in [0.29, 0.717) is 11.4 Å². The largest absolute Gasteiger partial charge is 0.491 e. The minimum atomic E-state index is -0.183. The van der Waals surface area contributed by atoms with Crippen molar-refractivity contribution in [3.8, 4) is 5.75 Å². The quantitative estimate of drug-likeness (QED) is 0.598. The molecule has 0 atom stereocenters. The normalized spacial score (nSPS) is 11.0. The highest BCUT2D eigenvalue weighted by Crippen LogP contribution is 2.15. The average Bonchev–Trinajstić information content (AvgIpc) is 2.38. The zero-order valence-corrected chi connectivity index (χ0v) is 10.3. The molecule has 0 heterocycles. The van der Waals surface area contributed by atoms with Crippen LogP contribution in [0.1, 0.15) is 6.92 Å². The molecule has 0 spiro atoms. The van der Waals surface area contributed by atoms with Crippen LogP contribution in [0.5, 0.6) is 5.75 Å². The number of hydrogen-bond donors (Lipinski definition) is 2. The Morgan fingerprint density at radius 2 is 2.06 bits per heavy atom. The SMILES string of the molecule is CC=CC=CC(=O)Nc1ccc(OCCO)cc1. The lowest BCUT2D eigenvalue weighted by atomic mass is 10.3. The molecule has 2 N–H and O–H groups in total. The summed E-state index contributed by atoms with van der Waals surface area (Å²) in [7, 11) is 0. The first-order chi connectivity index (χ1) is 8.76. The molecule has 0 aromatic heterocycles. The van der Waals surface area contributed by atoms with Crippen LogP contribution in [0.2, 0.25) is 0 Å². The lowest BCUT2D eigenvalue weighted by molar-refractivity contribution is -0.111. The van der Waals surface area contributed by atoms with Crippen LogP contribution in [0.4, 0.5) is 5.69 Å². The van der Waals surface area contributed by atoms with E-state index in [1.165, 1.54) is 6.08 Å². The van der Waals surface area contributed by atoms with Crippen LogP contribution in [0.25, 0.3) is 0 Å². The summed E-state index contributed by atoms with van der Waals surface area (Å²) in [6.45, 7) is 2.12. The summed E-state index contributed by atoms with van der Waals surface area (Å²) in [4.78, 5) is 11.4. The fourth-order valence-electron chi connectivity index (χ4n) is 1.24. The molecule has 1 amide bonds. The first-order valence-corrected chi connectivity index (χ1v) is 5.70. The Balaban J connectivity index is 2.50. The molecule has 0 fully saturated rings. The Hall–Kier alpha value is -2.07. The molecule has 0 saturated carbocycles. The van der Waals surface area contributed by atoms with Gasteiger partial charge in [0.2, 0.25) is 5.91 Å². The monoisotopic (exact) mass is 247 g/mol. The zero-order valence-electron chi connectivity index (χ0n) is 10.3. The van der Waals surface area contributed by atoms with Crippen molar-refractivity contribution in [2.45, 2.75) is 6.92 Å². The summed E-state index contributed by atoms with van der Waals surface area (Å²) in [5.74, 6) is 0.476. The number of ether oxygens (including phenoxy) is 1. The van der Waals surface area contributed by atoms with Crippen molar-refractivity contribution in [2.24, 2.45) is 0 Å².